The molecule has 2 rings (SSSR count). The third-order valence-electron chi connectivity index (χ3n) is 3.06. The molecule has 0 aliphatic carbocycles. The minimum absolute atomic E-state index is 0.0666. The van der Waals surface area contributed by atoms with Gasteiger partial charge in [-0.3, -0.25) is 4.55 Å². The number of rotatable bonds is 2. The second-order valence-corrected chi connectivity index (χ2v) is 5.98. The monoisotopic (exact) mass is 271 g/mol. The van der Waals surface area contributed by atoms with Gasteiger partial charge in [-0.2, -0.15) is 8.42 Å². The molecule has 0 radical (unpaired) electrons. The quantitative estimate of drug-likeness (QED) is 0.810. The van der Waals surface area contributed by atoms with Crippen LogP contribution >= 0.6 is 0 Å². The molecular formula is C13H21NO3S. The van der Waals surface area contributed by atoms with Gasteiger partial charge in [0.15, 0.2) is 0 Å². The Balaban J connectivity index is 0.000000199. The minimum Gasteiger partial charge on any atom is -0.316 e. The molecule has 1 aliphatic rings. The summed E-state index contributed by atoms with van der Waals surface area (Å²) >= 11 is 0. The highest BCUT2D eigenvalue weighted by molar-refractivity contribution is 7.85. The van der Waals surface area contributed by atoms with Crippen molar-refractivity contribution in [2.45, 2.75) is 31.6 Å². The zero-order valence-corrected chi connectivity index (χ0v) is 11.7. The van der Waals surface area contributed by atoms with Gasteiger partial charge in [0.05, 0.1) is 4.90 Å². The molecule has 18 heavy (non-hydrogen) atoms. The van der Waals surface area contributed by atoms with Crippen molar-refractivity contribution in [3.63, 3.8) is 0 Å². The molecule has 0 spiro atoms. The lowest BCUT2D eigenvalue weighted by molar-refractivity contribution is 0.483. The Kier molecular flexibility index (Phi) is 5.78. The van der Waals surface area contributed by atoms with Gasteiger partial charge in [-0.1, -0.05) is 31.0 Å². The lowest BCUT2D eigenvalue weighted by atomic mass is 10.1. The molecule has 1 aromatic carbocycles. The first-order valence-corrected chi connectivity index (χ1v) is 7.62. The van der Waals surface area contributed by atoms with Crippen molar-refractivity contribution >= 4 is 10.1 Å². The van der Waals surface area contributed by atoms with Crippen molar-refractivity contribution in [2.24, 2.45) is 5.92 Å². The molecule has 1 aliphatic heterocycles. The van der Waals surface area contributed by atoms with Gasteiger partial charge in [-0.15, -0.1) is 0 Å². The van der Waals surface area contributed by atoms with Gasteiger partial charge >= 0.3 is 0 Å². The highest BCUT2D eigenvalue weighted by atomic mass is 32.2. The van der Waals surface area contributed by atoms with E-state index in [2.05, 4.69) is 12.2 Å². The average Bonchev–Trinajstić information content (AvgIpc) is 2.82. The molecule has 1 saturated heterocycles. The number of benzene rings is 1. The van der Waals surface area contributed by atoms with Crippen LogP contribution in [-0.4, -0.2) is 26.1 Å². The molecule has 1 atom stereocenters. The van der Waals surface area contributed by atoms with Crippen LogP contribution in [0.3, 0.4) is 0 Å². The maximum atomic E-state index is 10.5. The fraction of sp³-hybridized carbons (Fsp3) is 0.538. The highest BCUT2D eigenvalue weighted by Gasteiger charge is 2.10. The van der Waals surface area contributed by atoms with Gasteiger partial charge in [0.1, 0.15) is 0 Å². The maximum Gasteiger partial charge on any atom is 0.294 e. The van der Waals surface area contributed by atoms with Crippen LogP contribution in [-0.2, 0) is 10.1 Å². The van der Waals surface area contributed by atoms with Gasteiger partial charge in [0.25, 0.3) is 10.1 Å². The Morgan fingerprint density at radius 3 is 2.28 bits per heavy atom. The van der Waals surface area contributed by atoms with Crippen LogP contribution < -0.4 is 5.32 Å². The largest absolute Gasteiger partial charge is 0.316 e. The van der Waals surface area contributed by atoms with Gasteiger partial charge < -0.3 is 5.32 Å². The van der Waals surface area contributed by atoms with Crippen LogP contribution in [0.15, 0.2) is 29.2 Å². The van der Waals surface area contributed by atoms with E-state index in [-0.39, 0.29) is 4.90 Å². The van der Waals surface area contributed by atoms with Crippen molar-refractivity contribution in [1.29, 1.82) is 0 Å². The van der Waals surface area contributed by atoms with Crippen molar-refractivity contribution in [3.8, 4) is 0 Å². The van der Waals surface area contributed by atoms with E-state index in [4.69, 9.17) is 4.55 Å². The van der Waals surface area contributed by atoms with E-state index in [0.717, 1.165) is 11.5 Å². The summed E-state index contributed by atoms with van der Waals surface area (Å²) in [5.41, 5.74) is 0.956. The summed E-state index contributed by atoms with van der Waals surface area (Å²) in [4.78, 5) is -0.0666. The van der Waals surface area contributed by atoms with E-state index in [0.29, 0.717) is 0 Å². The van der Waals surface area contributed by atoms with Crippen LogP contribution in [0.2, 0.25) is 0 Å². The molecule has 0 aromatic heterocycles. The fourth-order valence-corrected chi connectivity index (χ4v) is 2.25. The summed E-state index contributed by atoms with van der Waals surface area (Å²) in [6.45, 7) is 6.61. The van der Waals surface area contributed by atoms with Crippen molar-refractivity contribution in [1.82, 2.24) is 5.32 Å². The van der Waals surface area contributed by atoms with E-state index in [1.807, 2.05) is 6.92 Å². The summed E-state index contributed by atoms with van der Waals surface area (Å²) in [5, 5.41) is 3.32. The lowest BCUT2D eigenvalue weighted by Gasteiger charge is -1.98. The molecule has 102 valence electrons. The molecule has 5 heteroatoms. The van der Waals surface area contributed by atoms with E-state index in [1.54, 1.807) is 12.1 Å². The second-order valence-electron chi connectivity index (χ2n) is 4.56. The van der Waals surface area contributed by atoms with E-state index in [1.165, 1.54) is 38.1 Å². The molecule has 4 nitrogen and oxygen atoms in total. The Morgan fingerprint density at radius 1 is 1.33 bits per heavy atom. The molecule has 0 bridgehead atoms. The number of aryl methyl sites for hydroxylation is 1. The summed E-state index contributed by atoms with van der Waals surface area (Å²) in [6, 6.07) is 5.99. The van der Waals surface area contributed by atoms with Crippen molar-refractivity contribution < 1.29 is 13.0 Å². The second kappa shape index (κ2) is 6.87. The summed E-state index contributed by atoms with van der Waals surface area (Å²) < 4.78 is 29.6. The predicted molar refractivity (Wildman–Crippen MR) is 72.3 cm³/mol. The van der Waals surface area contributed by atoms with Crippen LogP contribution in [0.5, 0.6) is 0 Å². The molecule has 0 amide bonds. The normalized spacial score (nSPS) is 19.2. The van der Waals surface area contributed by atoms with Gasteiger partial charge in [0, 0.05) is 0 Å². The first-order valence-electron chi connectivity index (χ1n) is 6.18. The van der Waals surface area contributed by atoms with Crippen LogP contribution in [0.25, 0.3) is 0 Å². The van der Waals surface area contributed by atoms with Gasteiger partial charge in [-0.25, -0.2) is 0 Å². The molecule has 0 saturated carbocycles. The average molecular weight is 271 g/mol. The Bertz CT molecular complexity index is 448. The van der Waals surface area contributed by atoms with E-state index in [9.17, 15) is 8.42 Å². The minimum atomic E-state index is -4.02. The highest BCUT2D eigenvalue weighted by Crippen LogP contribution is 2.10. The standard InChI is InChI=1S/C7H8O3S.C6H13N/c1-6-2-4-7(5-3-6)11(8,9)10;1-2-6-3-4-7-5-6/h2-5H,1H3,(H,8,9,10);6-7H,2-5H2,1H3. The first kappa shape index (κ1) is 15.1. The smallest absolute Gasteiger partial charge is 0.294 e. The van der Waals surface area contributed by atoms with Crippen LogP contribution in [0, 0.1) is 12.8 Å². The van der Waals surface area contributed by atoms with E-state index < -0.39 is 10.1 Å². The zero-order chi connectivity index (χ0) is 13.6. The van der Waals surface area contributed by atoms with E-state index >= 15 is 0 Å². The molecule has 1 heterocycles. The molecular weight excluding hydrogens is 250 g/mol. The summed E-state index contributed by atoms with van der Waals surface area (Å²) in [5.74, 6) is 0.986. The predicted octanol–water partition coefficient (Wildman–Crippen LogP) is 2.25. The van der Waals surface area contributed by atoms with Crippen molar-refractivity contribution in [2.75, 3.05) is 13.1 Å². The molecule has 1 unspecified atom stereocenters. The summed E-state index contributed by atoms with van der Waals surface area (Å²) in [6.07, 6.45) is 2.75. The maximum absolute atomic E-state index is 10.5. The lowest BCUT2D eigenvalue weighted by Crippen LogP contribution is -2.07. The Morgan fingerprint density at radius 2 is 1.94 bits per heavy atom. The fourth-order valence-electron chi connectivity index (χ4n) is 1.77. The third kappa shape index (κ3) is 5.16. The third-order valence-corrected chi connectivity index (χ3v) is 3.93. The molecule has 2 N–H and O–H groups in total. The topological polar surface area (TPSA) is 66.4 Å². The Labute approximate surface area is 109 Å². The zero-order valence-electron chi connectivity index (χ0n) is 10.9. The molecule has 1 fully saturated rings. The number of hydrogen-bond acceptors (Lipinski definition) is 3. The SMILES string of the molecule is CCC1CCNC1.Cc1ccc(S(=O)(=O)O)cc1. The van der Waals surface area contributed by atoms with Crippen LogP contribution in [0.1, 0.15) is 25.3 Å². The first-order chi connectivity index (χ1) is 8.43. The van der Waals surface area contributed by atoms with Crippen LogP contribution in [0.4, 0.5) is 0 Å². The van der Waals surface area contributed by atoms with Crippen molar-refractivity contribution in [3.05, 3.63) is 29.8 Å². The number of nitrogens with one attached hydrogen (secondary N) is 1. The number of hydrogen-bond donors (Lipinski definition) is 2. The summed E-state index contributed by atoms with van der Waals surface area (Å²) in [7, 11) is -4.02. The van der Waals surface area contributed by atoms with Gasteiger partial charge in [0.2, 0.25) is 0 Å². The molecule has 1 aromatic rings. The Hall–Kier alpha value is -0.910. The van der Waals surface area contributed by atoms with Gasteiger partial charge in [-0.05, 0) is 44.5 Å².